The summed E-state index contributed by atoms with van der Waals surface area (Å²) in [5, 5.41) is 13.2. The minimum atomic E-state index is -0.593. The summed E-state index contributed by atoms with van der Waals surface area (Å²) in [4.78, 5) is 38.8. The molecule has 1 aliphatic carbocycles. The highest BCUT2D eigenvalue weighted by Crippen LogP contribution is 2.33. The number of phenols is 1. The quantitative estimate of drug-likeness (QED) is 0.551. The van der Waals surface area contributed by atoms with E-state index in [1.165, 1.54) is 24.3 Å². The van der Waals surface area contributed by atoms with Crippen LogP contribution >= 0.6 is 0 Å². The fourth-order valence-corrected chi connectivity index (χ4v) is 2.56. The van der Waals surface area contributed by atoms with E-state index in [0.717, 1.165) is 0 Å². The topological polar surface area (TPSA) is 113 Å². The maximum Gasteiger partial charge on any atom is 0.248 e. The number of phenolic OH excluding ortho intramolecular Hbond substituents is 1. The standard InChI is InChI=1S/C16H8N2O5/c19-8-3-1-7(2-4-8)12-11-14(21)9-5-6-10(20)17-13(9)15(22)16(11)23-18-12/h1-6,19H,(H,17,20). The van der Waals surface area contributed by atoms with E-state index >= 15 is 0 Å². The number of carbonyl (C=O) groups is 2. The Morgan fingerprint density at radius 1 is 0.957 bits per heavy atom. The van der Waals surface area contributed by atoms with Gasteiger partial charge >= 0.3 is 0 Å². The smallest absolute Gasteiger partial charge is 0.248 e. The molecule has 1 aromatic carbocycles. The fraction of sp³-hybridized carbons (Fsp3) is 0. The van der Waals surface area contributed by atoms with Crippen LogP contribution in [-0.2, 0) is 0 Å². The number of H-pyrrole nitrogens is 1. The molecule has 2 N–H and O–H groups in total. The molecular weight excluding hydrogens is 300 g/mol. The monoisotopic (exact) mass is 308 g/mol. The number of nitrogens with zero attached hydrogens (tertiary/aromatic N) is 1. The van der Waals surface area contributed by atoms with Gasteiger partial charge in [-0.1, -0.05) is 5.16 Å². The Hall–Kier alpha value is -3.48. The molecule has 0 atom stereocenters. The molecule has 2 heterocycles. The second-order valence-corrected chi connectivity index (χ2v) is 5.05. The van der Waals surface area contributed by atoms with Crippen molar-refractivity contribution < 1.29 is 19.2 Å². The molecule has 0 saturated carbocycles. The average molecular weight is 308 g/mol. The van der Waals surface area contributed by atoms with Crippen LogP contribution in [-0.4, -0.2) is 26.8 Å². The van der Waals surface area contributed by atoms with Gasteiger partial charge in [0.25, 0.3) is 0 Å². The van der Waals surface area contributed by atoms with Gasteiger partial charge in [-0.15, -0.1) is 0 Å². The number of fused-ring (bicyclic) bond motifs is 2. The summed E-state index contributed by atoms with van der Waals surface area (Å²) in [6.07, 6.45) is 0. The van der Waals surface area contributed by atoms with E-state index in [1.807, 2.05) is 0 Å². The van der Waals surface area contributed by atoms with Gasteiger partial charge in [-0.3, -0.25) is 14.4 Å². The third kappa shape index (κ3) is 1.83. The van der Waals surface area contributed by atoms with E-state index in [9.17, 15) is 19.5 Å². The second-order valence-electron chi connectivity index (χ2n) is 5.05. The predicted octanol–water partition coefficient (Wildman–Crippen LogP) is 1.51. The number of hydrogen-bond acceptors (Lipinski definition) is 6. The Morgan fingerprint density at radius 2 is 1.70 bits per heavy atom. The van der Waals surface area contributed by atoms with Gasteiger partial charge in [0.05, 0.1) is 5.56 Å². The maximum atomic E-state index is 12.7. The summed E-state index contributed by atoms with van der Waals surface area (Å²) in [5.41, 5.74) is 0.331. The van der Waals surface area contributed by atoms with Gasteiger partial charge in [0.15, 0.2) is 0 Å². The number of aromatic amines is 1. The summed E-state index contributed by atoms with van der Waals surface area (Å²) < 4.78 is 5.05. The number of rotatable bonds is 1. The molecule has 1 aliphatic rings. The lowest BCUT2D eigenvalue weighted by Crippen LogP contribution is -2.24. The zero-order valence-electron chi connectivity index (χ0n) is 11.5. The van der Waals surface area contributed by atoms with Crippen LogP contribution in [0.2, 0.25) is 0 Å². The number of carbonyl (C=O) groups excluding carboxylic acids is 2. The van der Waals surface area contributed by atoms with E-state index in [4.69, 9.17) is 4.52 Å². The summed E-state index contributed by atoms with van der Waals surface area (Å²) in [6, 6.07) is 8.50. The molecule has 0 amide bonds. The van der Waals surface area contributed by atoms with Crippen LogP contribution in [0.4, 0.5) is 0 Å². The van der Waals surface area contributed by atoms with E-state index < -0.39 is 17.1 Å². The van der Waals surface area contributed by atoms with E-state index in [0.29, 0.717) is 5.56 Å². The molecule has 7 nitrogen and oxygen atoms in total. The highest BCUT2D eigenvalue weighted by Gasteiger charge is 2.37. The van der Waals surface area contributed by atoms with Crippen molar-refractivity contribution in [2.45, 2.75) is 0 Å². The van der Waals surface area contributed by atoms with Crippen LogP contribution < -0.4 is 5.56 Å². The van der Waals surface area contributed by atoms with Crippen molar-refractivity contribution in [2.75, 3.05) is 0 Å². The first-order chi connectivity index (χ1) is 11.1. The summed E-state index contributed by atoms with van der Waals surface area (Å²) in [7, 11) is 0. The number of aromatic nitrogens is 2. The van der Waals surface area contributed by atoms with Crippen LogP contribution in [0.15, 0.2) is 45.7 Å². The van der Waals surface area contributed by atoms with Crippen LogP contribution in [0.5, 0.6) is 5.75 Å². The average Bonchev–Trinajstić information content (AvgIpc) is 2.98. The minimum Gasteiger partial charge on any atom is -0.508 e. The van der Waals surface area contributed by atoms with Gasteiger partial charge in [-0.05, 0) is 30.3 Å². The number of hydrogen-bond donors (Lipinski definition) is 2. The van der Waals surface area contributed by atoms with Crippen LogP contribution in [0.25, 0.3) is 11.3 Å². The lowest BCUT2D eigenvalue weighted by Gasteiger charge is -2.12. The van der Waals surface area contributed by atoms with E-state index in [1.54, 1.807) is 12.1 Å². The normalized spacial score (nSPS) is 12.9. The van der Waals surface area contributed by atoms with Crippen LogP contribution in [0.3, 0.4) is 0 Å². The largest absolute Gasteiger partial charge is 0.508 e. The third-order valence-corrected chi connectivity index (χ3v) is 3.66. The van der Waals surface area contributed by atoms with Crippen LogP contribution in [0, 0.1) is 0 Å². The predicted molar refractivity (Wildman–Crippen MR) is 77.5 cm³/mol. The molecular formula is C16H8N2O5. The SMILES string of the molecule is O=C1c2[nH]c(=O)ccc2C(=O)c2c(-c3ccc(O)cc3)noc21. The van der Waals surface area contributed by atoms with Crippen molar-refractivity contribution in [3.8, 4) is 17.0 Å². The van der Waals surface area contributed by atoms with Gasteiger partial charge in [-0.2, -0.15) is 0 Å². The molecule has 0 unspecified atom stereocenters. The van der Waals surface area contributed by atoms with Gasteiger partial charge < -0.3 is 14.6 Å². The summed E-state index contributed by atoms with van der Waals surface area (Å²) in [6.45, 7) is 0. The lowest BCUT2D eigenvalue weighted by molar-refractivity contribution is 0.0950. The first-order valence-corrected chi connectivity index (χ1v) is 6.68. The molecule has 3 aromatic rings. The molecule has 0 saturated heterocycles. The Bertz CT molecular complexity index is 1030. The Labute approximate surface area is 128 Å². The van der Waals surface area contributed by atoms with Crippen LogP contribution in [0.1, 0.15) is 32.2 Å². The molecule has 2 aromatic heterocycles. The molecule has 0 fully saturated rings. The number of nitrogens with one attached hydrogen (secondary N) is 1. The van der Waals surface area contributed by atoms with E-state index in [-0.39, 0.29) is 34.0 Å². The number of pyridine rings is 1. The molecule has 0 aliphatic heterocycles. The van der Waals surface area contributed by atoms with Crippen molar-refractivity contribution in [1.29, 1.82) is 0 Å². The first kappa shape index (κ1) is 13.2. The Balaban J connectivity index is 1.95. The second kappa shape index (κ2) is 4.51. The molecule has 112 valence electrons. The fourth-order valence-electron chi connectivity index (χ4n) is 2.56. The molecule has 0 spiro atoms. The van der Waals surface area contributed by atoms with Gasteiger partial charge in [0, 0.05) is 11.6 Å². The molecule has 4 rings (SSSR count). The summed E-state index contributed by atoms with van der Waals surface area (Å²) in [5.74, 6) is -1.18. The Kier molecular flexibility index (Phi) is 2.59. The van der Waals surface area contributed by atoms with Crippen molar-refractivity contribution in [1.82, 2.24) is 10.1 Å². The molecule has 0 bridgehead atoms. The van der Waals surface area contributed by atoms with Gasteiger partial charge in [0.1, 0.15) is 22.7 Å². The van der Waals surface area contributed by atoms with Gasteiger partial charge in [-0.25, -0.2) is 0 Å². The lowest BCUT2D eigenvalue weighted by atomic mass is 9.89. The first-order valence-electron chi connectivity index (χ1n) is 6.68. The third-order valence-electron chi connectivity index (χ3n) is 3.66. The number of ketones is 2. The van der Waals surface area contributed by atoms with Crippen molar-refractivity contribution in [2.24, 2.45) is 0 Å². The Morgan fingerprint density at radius 3 is 2.43 bits per heavy atom. The molecule has 0 radical (unpaired) electrons. The van der Waals surface area contributed by atoms with Crippen molar-refractivity contribution >= 4 is 11.6 Å². The molecule has 7 heteroatoms. The zero-order valence-corrected chi connectivity index (χ0v) is 11.5. The number of benzene rings is 1. The number of aromatic hydroxyl groups is 1. The molecule has 23 heavy (non-hydrogen) atoms. The minimum absolute atomic E-state index is 0.0558. The van der Waals surface area contributed by atoms with Gasteiger partial charge in [0.2, 0.25) is 22.9 Å². The zero-order chi connectivity index (χ0) is 16.1. The maximum absolute atomic E-state index is 12.7. The van der Waals surface area contributed by atoms with Crippen molar-refractivity contribution in [3.63, 3.8) is 0 Å². The highest BCUT2D eigenvalue weighted by atomic mass is 16.5. The van der Waals surface area contributed by atoms with Crippen molar-refractivity contribution in [3.05, 3.63) is 69.3 Å². The highest BCUT2D eigenvalue weighted by molar-refractivity contribution is 6.28. The summed E-state index contributed by atoms with van der Waals surface area (Å²) >= 11 is 0. The van der Waals surface area contributed by atoms with E-state index in [2.05, 4.69) is 10.1 Å².